The number of hydrogen-bond donors (Lipinski definition) is 2. The summed E-state index contributed by atoms with van der Waals surface area (Å²) in [6.07, 6.45) is 1.07. The second kappa shape index (κ2) is 7.42. The van der Waals surface area contributed by atoms with Crippen molar-refractivity contribution >= 4 is 21.3 Å². The highest BCUT2D eigenvalue weighted by Crippen LogP contribution is 2.52. The van der Waals surface area contributed by atoms with Gasteiger partial charge >= 0.3 is 0 Å². The molecule has 1 atom stereocenters. The topological polar surface area (TPSA) is 115 Å². The van der Waals surface area contributed by atoms with Crippen LogP contribution < -0.4 is 10.0 Å². The average molecular weight is 477 g/mol. The van der Waals surface area contributed by atoms with Crippen LogP contribution in [0.25, 0.3) is 0 Å². The van der Waals surface area contributed by atoms with Gasteiger partial charge in [0.25, 0.3) is 16.9 Å². The molecular weight excluding hydrogens is 454 g/mol. The number of nitrogens with zero attached hydrogens (tertiary/aromatic N) is 3. The van der Waals surface area contributed by atoms with Crippen LogP contribution in [0.3, 0.4) is 0 Å². The van der Waals surface area contributed by atoms with Gasteiger partial charge in [0.1, 0.15) is 21.1 Å². The highest BCUT2D eigenvalue weighted by atomic mass is 32.2. The first-order chi connectivity index (χ1) is 14.4. The fourth-order valence-electron chi connectivity index (χ4n) is 4.06. The number of rotatable bonds is 6. The minimum absolute atomic E-state index is 0.0114. The lowest BCUT2D eigenvalue weighted by molar-refractivity contribution is -0.646. The summed E-state index contributed by atoms with van der Waals surface area (Å²) in [7, 11) is -3.41. The summed E-state index contributed by atoms with van der Waals surface area (Å²) in [6, 6.07) is 2.25. The van der Waals surface area contributed by atoms with E-state index in [-0.39, 0.29) is 28.2 Å². The molecule has 0 radical (unpaired) electrons. The summed E-state index contributed by atoms with van der Waals surface area (Å²) in [4.78, 5) is 13.0. The number of halogens is 4. The van der Waals surface area contributed by atoms with Crippen LogP contribution in [-0.2, 0) is 22.2 Å². The van der Waals surface area contributed by atoms with Crippen LogP contribution in [-0.4, -0.2) is 32.1 Å². The van der Waals surface area contributed by atoms with E-state index < -0.39 is 56.5 Å². The lowest BCUT2D eigenvalue weighted by Gasteiger charge is -2.44. The van der Waals surface area contributed by atoms with Gasteiger partial charge in [-0.15, -0.1) is 0 Å². The molecule has 2 heterocycles. The molecule has 0 spiro atoms. The predicted octanol–water partition coefficient (Wildman–Crippen LogP) is 3.66. The first-order valence-corrected chi connectivity index (χ1v) is 11.5. The summed E-state index contributed by atoms with van der Waals surface area (Å²) in [6.45, 7) is 3.30. The molecule has 0 saturated heterocycles. The van der Waals surface area contributed by atoms with Crippen LogP contribution in [0.2, 0.25) is 0 Å². The fraction of sp³-hybridized carbons (Fsp3) is 0.526. The number of nitrogens with one attached hydrogen (secondary N) is 2. The van der Waals surface area contributed by atoms with Crippen LogP contribution in [0.4, 0.5) is 23.2 Å². The minimum Gasteiger partial charge on any atom is -0.618 e. The molecular formula is C19H23F4N5O3S. The summed E-state index contributed by atoms with van der Waals surface area (Å²) in [5, 5.41) is 17.7. The van der Waals surface area contributed by atoms with E-state index in [1.165, 1.54) is 13.0 Å². The van der Waals surface area contributed by atoms with E-state index in [0.717, 1.165) is 23.2 Å². The average Bonchev–Trinajstić information content (AvgIpc) is 2.89. The van der Waals surface area contributed by atoms with Gasteiger partial charge in [0.05, 0.1) is 5.69 Å². The molecule has 0 bridgehead atoms. The van der Waals surface area contributed by atoms with Crippen molar-refractivity contribution in [1.82, 2.24) is 9.78 Å². The number of hydrogen-bond acceptors (Lipinski definition) is 5. The van der Waals surface area contributed by atoms with Gasteiger partial charge in [-0.1, -0.05) is 6.92 Å². The Morgan fingerprint density at radius 3 is 2.53 bits per heavy atom. The molecule has 0 aliphatic heterocycles. The molecule has 32 heavy (non-hydrogen) atoms. The van der Waals surface area contributed by atoms with Crippen molar-refractivity contribution in [3.05, 3.63) is 40.5 Å². The van der Waals surface area contributed by atoms with Crippen LogP contribution in [0.1, 0.15) is 48.4 Å². The molecule has 1 fully saturated rings. The van der Waals surface area contributed by atoms with Crippen molar-refractivity contribution in [1.29, 1.82) is 4.78 Å². The van der Waals surface area contributed by atoms with Crippen molar-refractivity contribution in [3.63, 3.8) is 0 Å². The molecule has 2 aromatic heterocycles. The predicted molar refractivity (Wildman–Crippen MR) is 107 cm³/mol. The summed E-state index contributed by atoms with van der Waals surface area (Å²) < 4.78 is 75.8. The van der Waals surface area contributed by atoms with E-state index >= 15 is 0 Å². The number of amides is 1. The number of anilines is 1. The van der Waals surface area contributed by atoms with Crippen LogP contribution in [0, 0.1) is 22.3 Å². The number of carbonyl (C=O) groups excluding carboxylic acids is 1. The normalized spacial score (nSPS) is 19.1. The van der Waals surface area contributed by atoms with E-state index in [1.54, 1.807) is 6.92 Å². The Morgan fingerprint density at radius 2 is 2.03 bits per heavy atom. The van der Waals surface area contributed by atoms with E-state index in [0.29, 0.717) is 6.92 Å². The molecule has 3 rings (SSSR count). The minimum atomic E-state index is -3.41. The Kier molecular flexibility index (Phi) is 5.56. The van der Waals surface area contributed by atoms with Gasteiger partial charge < -0.3 is 10.5 Å². The highest BCUT2D eigenvalue weighted by Gasteiger charge is 2.54. The highest BCUT2D eigenvalue weighted by molar-refractivity contribution is 7.91. The molecule has 1 unspecified atom stereocenters. The Bertz CT molecular complexity index is 1180. The smallest absolute Gasteiger partial charge is 0.291 e. The number of carbonyl (C=O) groups is 1. The maximum Gasteiger partial charge on any atom is 0.291 e. The maximum absolute atomic E-state index is 14.1. The Hall–Kier alpha value is -2.70. The molecule has 2 aromatic rings. The second-order valence-electron chi connectivity index (χ2n) is 8.77. The molecule has 1 saturated carbocycles. The zero-order chi connectivity index (χ0) is 24.3. The summed E-state index contributed by atoms with van der Waals surface area (Å²) in [5.74, 6) is -7.08. The third-order valence-corrected chi connectivity index (χ3v) is 6.36. The van der Waals surface area contributed by atoms with Crippen LogP contribution in [0.5, 0.6) is 0 Å². The van der Waals surface area contributed by atoms with Crippen molar-refractivity contribution in [2.45, 2.75) is 57.0 Å². The molecule has 1 amide bonds. The Labute approximate surface area is 182 Å². The molecule has 1 aliphatic rings. The Balaban J connectivity index is 1.99. The number of pyridine rings is 1. The SMILES string of the molecule is Cc1c(C(C)(F)F)nn(CC2(C)CC(F)(F)C2)c1C(=O)Nc1cc[n+]([O-])c(S(C)(=N)=O)c1. The standard InChI is InChI=1S/C19H23F4N5O3S/c1-11-14(16(29)25-12-5-6-28(30)13(7-12)32(4,24)31)27(26-15(11)18(3,20)21)10-17(2)8-19(22,23)9-17/h5-7,24H,8-10H2,1-4H3,(H,25,29). The zero-order valence-corrected chi connectivity index (χ0v) is 18.7. The largest absolute Gasteiger partial charge is 0.618 e. The quantitative estimate of drug-likeness (QED) is 0.375. The van der Waals surface area contributed by atoms with Crippen molar-refractivity contribution in [2.24, 2.45) is 5.41 Å². The molecule has 1 aliphatic carbocycles. The summed E-state index contributed by atoms with van der Waals surface area (Å²) >= 11 is 0. The summed E-state index contributed by atoms with van der Waals surface area (Å²) in [5.41, 5.74) is -1.91. The first kappa shape index (κ1) is 24.0. The zero-order valence-electron chi connectivity index (χ0n) is 17.8. The van der Waals surface area contributed by atoms with E-state index in [1.807, 2.05) is 0 Å². The van der Waals surface area contributed by atoms with Gasteiger partial charge in [-0.2, -0.15) is 18.6 Å². The third kappa shape index (κ3) is 4.71. The van der Waals surface area contributed by atoms with Gasteiger partial charge in [0.15, 0.2) is 6.20 Å². The van der Waals surface area contributed by atoms with Gasteiger partial charge in [-0.25, -0.2) is 17.8 Å². The van der Waals surface area contributed by atoms with E-state index in [9.17, 15) is 31.8 Å². The first-order valence-electron chi connectivity index (χ1n) is 9.54. The molecule has 0 aromatic carbocycles. The van der Waals surface area contributed by atoms with Crippen molar-refractivity contribution < 1.29 is 31.3 Å². The lowest BCUT2D eigenvalue weighted by atomic mass is 9.67. The third-order valence-electron chi connectivity index (χ3n) is 5.27. The van der Waals surface area contributed by atoms with E-state index in [4.69, 9.17) is 4.78 Å². The fourth-order valence-corrected chi connectivity index (χ4v) is 4.82. The van der Waals surface area contributed by atoms with Gasteiger partial charge in [-0.05, 0) is 12.3 Å². The molecule has 2 N–H and O–H groups in total. The van der Waals surface area contributed by atoms with Crippen LogP contribution in [0.15, 0.2) is 23.4 Å². The number of alkyl halides is 4. The van der Waals surface area contributed by atoms with Gasteiger partial charge in [0.2, 0.25) is 5.92 Å². The van der Waals surface area contributed by atoms with Gasteiger partial charge in [0, 0.05) is 50.3 Å². The monoisotopic (exact) mass is 477 g/mol. The van der Waals surface area contributed by atoms with Crippen LogP contribution >= 0.6 is 0 Å². The molecule has 13 heteroatoms. The number of aromatic nitrogens is 3. The van der Waals surface area contributed by atoms with Gasteiger partial charge in [-0.3, -0.25) is 9.48 Å². The second-order valence-corrected chi connectivity index (χ2v) is 10.9. The maximum atomic E-state index is 14.1. The van der Waals surface area contributed by atoms with E-state index in [2.05, 4.69) is 10.4 Å². The van der Waals surface area contributed by atoms with Crippen molar-refractivity contribution in [2.75, 3.05) is 11.6 Å². The lowest BCUT2D eigenvalue weighted by Crippen LogP contribution is -2.47. The molecule has 176 valence electrons. The van der Waals surface area contributed by atoms with Crippen molar-refractivity contribution in [3.8, 4) is 0 Å². The molecule has 8 nitrogen and oxygen atoms in total. The Morgan fingerprint density at radius 1 is 1.44 bits per heavy atom.